The molecule has 0 bridgehead atoms. The first kappa shape index (κ1) is 11.4. The summed E-state index contributed by atoms with van der Waals surface area (Å²) in [5.41, 5.74) is 0. The number of aryl methyl sites for hydroxylation is 1. The first-order valence-electron chi connectivity index (χ1n) is 5.05. The fourth-order valence-corrected chi connectivity index (χ4v) is 2.03. The number of hydrogen-bond acceptors (Lipinski definition) is 3. The molecule has 3 heteroatoms. The molecule has 0 aliphatic heterocycles. The summed E-state index contributed by atoms with van der Waals surface area (Å²) < 4.78 is 0. The quantitative estimate of drug-likeness (QED) is 0.698. The van der Waals surface area contributed by atoms with E-state index in [-0.39, 0.29) is 5.78 Å². The van der Waals surface area contributed by atoms with Gasteiger partial charge in [-0.2, -0.15) is 0 Å². The van der Waals surface area contributed by atoms with Crippen LogP contribution in [-0.2, 0) is 0 Å². The van der Waals surface area contributed by atoms with Crippen LogP contribution in [0, 0.1) is 12.8 Å². The minimum absolute atomic E-state index is 0.247. The average Bonchev–Trinajstić information content (AvgIpc) is 2.51. The van der Waals surface area contributed by atoms with Crippen LogP contribution in [-0.4, -0.2) is 10.8 Å². The lowest BCUT2D eigenvalue weighted by atomic mass is 10.0. The molecule has 0 atom stereocenters. The number of Topliss-reactive ketones (excluding diaryl/α,β-unsaturated/α-hetero) is 1. The van der Waals surface area contributed by atoms with Crippen LogP contribution < -0.4 is 0 Å². The molecule has 0 aliphatic rings. The van der Waals surface area contributed by atoms with Crippen LogP contribution in [0.3, 0.4) is 0 Å². The van der Waals surface area contributed by atoms with Gasteiger partial charge in [-0.3, -0.25) is 4.79 Å². The van der Waals surface area contributed by atoms with E-state index in [2.05, 4.69) is 18.8 Å². The maximum absolute atomic E-state index is 11.6. The second kappa shape index (κ2) is 5.25. The third-order valence-corrected chi connectivity index (χ3v) is 3.04. The fourth-order valence-electron chi connectivity index (χ4n) is 1.28. The van der Waals surface area contributed by atoms with Gasteiger partial charge in [0.05, 0.1) is 9.88 Å². The lowest BCUT2D eigenvalue weighted by Crippen LogP contribution is -1.97. The molecule has 0 unspecified atom stereocenters. The van der Waals surface area contributed by atoms with E-state index in [9.17, 15) is 4.79 Å². The van der Waals surface area contributed by atoms with Crippen LogP contribution >= 0.6 is 11.3 Å². The molecule has 0 radical (unpaired) electrons. The van der Waals surface area contributed by atoms with Crippen molar-refractivity contribution in [3.8, 4) is 0 Å². The Morgan fingerprint density at radius 2 is 2.29 bits per heavy atom. The summed E-state index contributed by atoms with van der Waals surface area (Å²) in [5, 5.41) is 0.970. The number of carbonyl (C=O) groups is 1. The van der Waals surface area contributed by atoms with Crippen molar-refractivity contribution in [3.05, 3.63) is 16.1 Å². The standard InChI is InChI=1S/C11H17NOS/c1-8(2)5-4-6-10(13)11-7-12-9(3)14-11/h7-8H,4-6H2,1-3H3. The topological polar surface area (TPSA) is 30.0 Å². The fraction of sp³-hybridized carbons (Fsp3) is 0.636. The minimum Gasteiger partial charge on any atom is -0.293 e. The van der Waals surface area contributed by atoms with Gasteiger partial charge in [0, 0.05) is 12.6 Å². The van der Waals surface area contributed by atoms with Gasteiger partial charge in [-0.15, -0.1) is 11.3 Å². The number of rotatable bonds is 5. The highest BCUT2D eigenvalue weighted by Crippen LogP contribution is 2.16. The highest BCUT2D eigenvalue weighted by Gasteiger charge is 2.08. The van der Waals surface area contributed by atoms with E-state index in [4.69, 9.17) is 0 Å². The van der Waals surface area contributed by atoms with Gasteiger partial charge in [-0.25, -0.2) is 4.98 Å². The van der Waals surface area contributed by atoms with E-state index in [0.717, 1.165) is 22.7 Å². The summed E-state index contributed by atoms with van der Waals surface area (Å²) >= 11 is 1.49. The molecular weight excluding hydrogens is 194 g/mol. The van der Waals surface area contributed by atoms with E-state index in [0.29, 0.717) is 12.3 Å². The second-order valence-electron chi connectivity index (χ2n) is 3.95. The van der Waals surface area contributed by atoms with Gasteiger partial charge < -0.3 is 0 Å². The number of thiazole rings is 1. The van der Waals surface area contributed by atoms with Gasteiger partial charge in [-0.1, -0.05) is 20.3 Å². The molecule has 0 aromatic carbocycles. The summed E-state index contributed by atoms with van der Waals surface area (Å²) in [7, 11) is 0. The molecule has 14 heavy (non-hydrogen) atoms. The highest BCUT2D eigenvalue weighted by molar-refractivity contribution is 7.13. The Morgan fingerprint density at radius 3 is 2.79 bits per heavy atom. The predicted octanol–water partition coefficient (Wildman–Crippen LogP) is 3.46. The Morgan fingerprint density at radius 1 is 1.57 bits per heavy atom. The van der Waals surface area contributed by atoms with Crippen LogP contribution in [0.4, 0.5) is 0 Å². The molecule has 78 valence electrons. The number of hydrogen-bond donors (Lipinski definition) is 0. The molecule has 2 nitrogen and oxygen atoms in total. The second-order valence-corrected chi connectivity index (χ2v) is 5.19. The van der Waals surface area contributed by atoms with Crippen molar-refractivity contribution in [2.75, 3.05) is 0 Å². The van der Waals surface area contributed by atoms with Gasteiger partial charge in [0.15, 0.2) is 5.78 Å². The molecule has 1 rings (SSSR count). The van der Waals surface area contributed by atoms with E-state index in [1.54, 1.807) is 6.20 Å². The van der Waals surface area contributed by atoms with E-state index >= 15 is 0 Å². The van der Waals surface area contributed by atoms with E-state index < -0.39 is 0 Å². The Balaban J connectivity index is 2.36. The van der Waals surface area contributed by atoms with Gasteiger partial charge in [0.1, 0.15) is 0 Å². The molecule has 0 saturated carbocycles. The molecule has 1 aromatic heterocycles. The lowest BCUT2D eigenvalue weighted by molar-refractivity contribution is 0.0982. The van der Waals surface area contributed by atoms with Gasteiger partial charge >= 0.3 is 0 Å². The molecular formula is C11H17NOS. The van der Waals surface area contributed by atoms with Crippen molar-refractivity contribution < 1.29 is 4.79 Å². The van der Waals surface area contributed by atoms with Gasteiger partial charge in [0.2, 0.25) is 0 Å². The summed E-state index contributed by atoms with van der Waals surface area (Å²) in [6, 6.07) is 0. The maximum Gasteiger partial charge on any atom is 0.174 e. The third kappa shape index (κ3) is 3.58. The summed E-state index contributed by atoms with van der Waals surface area (Å²) in [5.74, 6) is 0.933. The smallest absolute Gasteiger partial charge is 0.174 e. The largest absolute Gasteiger partial charge is 0.293 e. The number of ketones is 1. The monoisotopic (exact) mass is 211 g/mol. The zero-order chi connectivity index (χ0) is 10.6. The number of aromatic nitrogens is 1. The van der Waals surface area contributed by atoms with Crippen LogP contribution in [0.5, 0.6) is 0 Å². The van der Waals surface area contributed by atoms with Crippen molar-refractivity contribution >= 4 is 17.1 Å². The average molecular weight is 211 g/mol. The molecule has 0 spiro atoms. The molecule has 1 heterocycles. The van der Waals surface area contributed by atoms with Crippen molar-refractivity contribution in [1.82, 2.24) is 4.98 Å². The Labute approximate surface area is 89.4 Å². The lowest BCUT2D eigenvalue weighted by Gasteiger charge is -2.01. The Bertz CT molecular complexity index is 304. The predicted molar refractivity (Wildman–Crippen MR) is 59.9 cm³/mol. The minimum atomic E-state index is 0.247. The molecule has 0 N–H and O–H groups in total. The SMILES string of the molecule is Cc1ncc(C(=O)CCCC(C)C)s1. The first-order valence-corrected chi connectivity index (χ1v) is 5.87. The molecule has 0 saturated heterocycles. The molecule has 0 fully saturated rings. The van der Waals surface area contributed by atoms with Crippen LogP contribution in [0.25, 0.3) is 0 Å². The summed E-state index contributed by atoms with van der Waals surface area (Å²) in [6.45, 7) is 6.29. The Kier molecular flexibility index (Phi) is 4.26. The molecule has 0 aliphatic carbocycles. The number of carbonyl (C=O) groups excluding carboxylic acids is 1. The van der Waals surface area contributed by atoms with Crippen LogP contribution in [0.2, 0.25) is 0 Å². The van der Waals surface area contributed by atoms with Crippen LogP contribution in [0.1, 0.15) is 47.8 Å². The van der Waals surface area contributed by atoms with Crippen LogP contribution in [0.15, 0.2) is 6.20 Å². The molecule has 1 aromatic rings. The highest BCUT2D eigenvalue weighted by atomic mass is 32.1. The van der Waals surface area contributed by atoms with E-state index in [1.165, 1.54) is 11.3 Å². The van der Waals surface area contributed by atoms with Gasteiger partial charge in [-0.05, 0) is 19.3 Å². The van der Waals surface area contributed by atoms with Crippen molar-refractivity contribution in [3.63, 3.8) is 0 Å². The normalized spacial score (nSPS) is 10.9. The van der Waals surface area contributed by atoms with Crippen molar-refractivity contribution in [1.29, 1.82) is 0 Å². The first-order chi connectivity index (χ1) is 6.59. The van der Waals surface area contributed by atoms with Gasteiger partial charge in [0.25, 0.3) is 0 Å². The Hall–Kier alpha value is -0.700. The summed E-state index contributed by atoms with van der Waals surface area (Å²) in [6.07, 6.45) is 4.48. The third-order valence-electron chi connectivity index (χ3n) is 2.08. The maximum atomic E-state index is 11.6. The summed E-state index contributed by atoms with van der Waals surface area (Å²) in [4.78, 5) is 16.5. The van der Waals surface area contributed by atoms with E-state index in [1.807, 2.05) is 6.92 Å². The van der Waals surface area contributed by atoms with Crippen molar-refractivity contribution in [2.24, 2.45) is 5.92 Å². The number of nitrogens with zero attached hydrogens (tertiary/aromatic N) is 1. The zero-order valence-corrected chi connectivity index (χ0v) is 9.86. The van der Waals surface area contributed by atoms with Crippen molar-refractivity contribution in [2.45, 2.75) is 40.0 Å². The zero-order valence-electron chi connectivity index (χ0n) is 9.04. The molecule has 0 amide bonds.